The van der Waals surface area contributed by atoms with Gasteiger partial charge in [-0.1, -0.05) is 80.6 Å². The number of ether oxygens (including phenoxy) is 1. The molecule has 0 saturated carbocycles. The van der Waals surface area contributed by atoms with E-state index >= 15 is 0 Å². The zero-order valence-electron chi connectivity index (χ0n) is 26.1. The molecule has 0 radical (unpaired) electrons. The maximum atomic E-state index is 13.8. The molecule has 3 aromatic rings. The van der Waals surface area contributed by atoms with Crippen molar-refractivity contribution in [1.29, 1.82) is 0 Å². The highest BCUT2D eigenvalue weighted by Crippen LogP contribution is 2.47. The number of amides is 4. The van der Waals surface area contributed by atoms with Crippen LogP contribution in [-0.2, 0) is 22.7 Å². The summed E-state index contributed by atoms with van der Waals surface area (Å²) in [4.78, 5) is 46.0. The Balaban J connectivity index is 1.10. The van der Waals surface area contributed by atoms with E-state index in [-0.39, 0.29) is 35.7 Å². The Bertz CT molecular complexity index is 1510. The van der Waals surface area contributed by atoms with Gasteiger partial charge < -0.3 is 24.8 Å². The highest BCUT2D eigenvalue weighted by Gasteiger charge is 2.43. The van der Waals surface area contributed by atoms with Crippen LogP contribution in [0.5, 0.6) is 5.75 Å². The summed E-state index contributed by atoms with van der Waals surface area (Å²) in [5.41, 5.74) is 4.02. The summed E-state index contributed by atoms with van der Waals surface area (Å²) >= 11 is 1.56. The minimum Gasteiger partial charge on any atom is -0.489 e. The first kappa shape index (κ1) is 31.0. The molecule has 3 aliphatic heterocycles. The van der Waals surface area contributed by atoms with Crippen molar-refractivity contribution in [2.24, 2.45) is 5.92 Å². The largest absolute Gasteiger partial charge is 0.489 e. The lowest BCUT2D eigenvalue weighted by Crippen LogP contribution is -2.51. The Morgan fingerprint density at radius 1 is 0.956 bits per heavy atom. The van der Waals surface area contributed by atoms with E-state index < -0.39 is 5.25 Å². The van der Waals surface area contributed by atoms with Gasteiger partial charge in [-0.15, -0.1) is 11.8 Å². The molecule has 236 valence electrons. The standard InChI is InChI=1S/C36H42N4O4S/c1-25(2)16-21-39-34(42)32(45-35(39)29-13-7-9-15-31(29)44-24-26-10-4-3-5-11-26)22-33(41)38-19-17-28(18-20-38)40-23-27-12-6-8-14-30(27)37-36(40)43/h3-15,25,28,32,35H,16-24H2,1-2H3,(H,37,43). The zero-order chi connectivity index (χ0) is 31.3. The molecule has 0 aromatic heterocycles. The number of nitrogens with zero attached hydrogens (tertiary/aromatic N) is 3. The van der Waals surface area contributed by atoms with Crippen LogP contribution < -0.4 is 10.1 Å². The third-order valence-electron chi connectivity index (χ3n) is 8.98. The van der Waals surface area contributed by atoms with E-state index in [1.54, 1.807) is 11.8 Å². The Hall–Kier alpha value is -3.98. The summed E-state index contributed by atoms with van der Waals surface area (Å²) in [6.07, 6.45) is 2.51. The molecule has 3 aliphatic rings. The highest BCUT2D eigenvalue weighted by atomic mass is 32.2. The molecule has 2 fully saturated rings. The number of hydrogen-bond acceptors (Lipinski definition) is 5. The number of thioether (sulfide) groups is 1. The molecular formula is C36H42N4O4S. The second-order valence-corrected chi connectivity index (χ2v) is 13.8. The fraction of sp³-hybridized carbons (Fsp3) is 0.417. The van der Waals surface area contributed by atoms with Gasteiger partial charge in [-0.3, -0.25) is 9.59 Å². The SMILES string of the molecule is CC(C)CCN1C(=O)C(CC(=O)N2CCC(N3Cc4ccccc4NC3=O)CC2)SC1c1ccccc1OCc1ccccc1. The molecule has 9 heteroatoms. The van der Waals surface area contributed by atoms with Crippen molar-refractivity contribution < 1.29 is 19.1 Å². The second-order valence-electron chi connectivity index (χ2n) is 12.5. The van der Waals surface area contributed by atoms with Crippen molar-refractivity contribution in [2.45, 2.75) is 69.3 Å². The van der Waals surface area contributed by atoms with Crippen LogP contribution in [0.25, 0.3) is 0 Å². The van der Waals surface area contributed by atoms with Gasteiger partial charge in [-0.05, 0) is 48.4 Å². The van der Waals surface area contributed by atoms with E-state index in [0.717, 1.165) is 47.4 Å². The normalized spacial score (nSPS) is 20.4. The van der Waals surface area contributed by atoms with Crippen LogP contribution in [0, 0.1) is 5.92 Å². The first-order chi connectivity index (χ1) is 21.9. The predicted molar refractivity (Wildman–Crippen MR) is 178 cm³/mol. The minimum absolute atomic E-state index is 0.00538. The number of carbonyl (C=O) groups is 3. The van der Waals surface area contributed by atoms with Crippen LogP contribution >= 0.6 is 11.8 Å². The second kappa shape index (κ2) is 14.0. The number of fused-ring (bicyclic) bond motifs is 1. The van der Waals surface area contributed by atoms with Crippen molar-refractivity contribution in [3.8, 4) is 5.75 Å². The van der Waals surface area contributed by atoms with Crippen LogP contribution in [0.1, 0.15) is 61.6 Å². The van der Waals surface area contributed by atoms with Gasteiger partial charge in [0.1, 0.15) is 17.7 Å². The Labute approximate surface area is 270 Å². The van der Waals surface area contributed by atoms with E-state index in [9.17, 15) is 14.4 Å². The molecule has 0 bridgehead atoms. The van der Waals surface area contributed by atoms with Gasteiger partial charge >= 0.3 is 6.03 Å². The monoisotopic (exact) mass is 626 g/mol. The quantitative estimate of drug-likeness (QED) is 0.272. The van der Waals surface area contributed by atoms with E-state index in [1.807, 2.05) is 93.6 Å². The fourth-order valence-corrected chi connectivity index (χ4v) is 7.87. The van der Waals surface area contributed by atoms with E-state index in [4.69, 9.17) is 4.74 Å². The van der Waals surface area contributed by atoms with Gasteiger partial charge in [0.25, 0.3) is 0 Å². The van der Waals surface area contributed by atoms with E-state index in [0.29, 0.717) is 38.7 Å². The van der Waals surface area contributed by atoms with Crippen LogP contribution in [-0.4, -0.2) is 63.5 Å². The summed E-state index contributed by atoms with van der Waals surface area (Å²) in [7, 11) is 0. The Morgan fingerprint density at radius 2 is 1.67 bits per heavy atom. The van der Waals surface area contributed by atoms with E-state index in [2.05, 4.69) is 19.2 Å². The summed E-state index contributed by atoms with van der Waals surface area (Å²) in [5.74, 6) is 1.24. The summed E-state index contributed by atoms with van der Waals surface area (Å²) in [6.45, 7) is 7.15. The number of hydrogen-bond donors (Lipinski definition) is 1. The molecule has 3 aromatic carbocycles. The van der Waals surface area contributed by atoms with Crippen molar-refractivity contribution in [3.05, 3.63) is 95.6 Å². The lowest BCUT2D eigenvalue weighted by atomic mass is 10.0. The number of anilines is 1. The number of piperidine rings is 1. The lowest BCUT2D eigenvalue weighted by Gasteiger charge is -2.40. The summed E-state index contributed by atoms with van der Waals surface area (Å²) < 4.78 is 6.28. The van der Waals surface area contributed by atoms with Gasteiger partial charge in [0.2, 0.25) is 11.8 Å². The molecule has 2 unspecified atom stereocenters. The predicted octanol–water partition coefficient (Wildman–Crippen LogP) is 6.68. The number of carbonyl (C=O) groups excluding carboxylic acids is 3. The molecule has 2 saturated heterocycles. The maximum Gasteiger partial charge on any atom is 0.322 e. The number of urea groups is 1. The highest BCUT2D eigenvalue weighted by molar-refractivity contribution is 8.01. The Morgan fingerprint density at radius 3 is 2.44 bits per heavy atom. The van der Waals surface area contributed by atoms with Gasteiger partial charge in [0.15, 0.2) is 0 Å². The number of benzene rings is 3. The first-order valence-electron chi connectivity index (χ1n) is 16.0. The number of rotatable bonds is 10. The molecule has 45 heavy (non-hydrogen) atoms. The first-order valence-corrected chi connectivity index (χ1v) is 17.0. The van der Waals surface area contributed by atoms with Crippen molar-refractivity contribution >= 4 is 35.3 Å². The molecule has 4 amide bonds. The van der Waals surface area contributed by atoms with Gasteiger partial charge in [0, 0.05) is 49.9 Å². The molecule has 6 rings (SSSR count). The minimum atomic E-state index is -0.445. The van der Waals surface area contributed by atoms with Crippen LogP contribution in [0.15, 0.2) is 78.9 Å². The maximum absolute atomic E-state index is 13.8. The molecular weight excluding hydrogens is 584 g/mol. The smallest absolute Gasteiger partial charge is 0.322 e. The van der Waals surface area contributed by atoms with Crippen LogP contribution in [0.2, 0.25) is 0 Å². The fourth-order valence-electron chi connectivity index (χ4n) is 6.37. The molecule has 2 atom stereocenters. The van der Waals surface area contributed by atoms with Gasteiger partial charge in [0.05, 0.1) is 5.25 Å². The summed E-state index contributed by atoms with van der Waals surface area (Å²) in [5, 5.41) is 2.35. The number of para-hydroxylation sites is 2. The Kier molecular flexibility index (Phi) is 9.64. The van der Waals surface area contributed by atoms with Crippen LogP contribution in [0.4, 0.5) is 10.5 Å². The van der Waals surface area contributed by atoms with Gasteiger partial charge in [-0.25, -0.2) is 4.79 Å². The summed E-state index contributed by atoms with van der Waals surface area (Å²) in [6, 6.07) is 25.9. The average Bonchev–Trinajstić information content (AvgIpc) is 3.37. The average molecular weight is 627 g/mol. The molecule has 8 nitrogen and oxygen atoms in total. The number of nitrogens with one attached hydrogen (secondary N) is 1. The van der Waals surface area contributed by atoms with E-state index in [1.165, 1.54) is 0 Å². The molecule has 0 aliphatic carbocycles. The lowest BCUT2D eigenvalue weighted by molar-refractivity contribution is -0.137. The molecule has 1 N–H and O–H groups in total. The zero-order valence-corrected chi connectivity index (χ0v) is 26.9. The van der Waals surface area contributed by atoms with Crippen LogP contribution in [0.3, 0.4) is 0 Å². The third-order valence-corrected chi connectivity index (χ3v) is 10.4. The van der Waals surface area contributed by atoms with Crippen molar-refractivity contribution in [3.63, 3.8) is 0 Å². The molecule has 0 spiro atoms. The van der Waals surface area contributed by atoms with Crippen molar-refractivity contribution in [2.75, 3.05) is 25.0 Å². The van der Waals surface area contributed by atoms with Gasteiger partial charge in [-0.2, -0.15) is 0 Å². The third kappa shape index (κ3) is 7.14. The number of likely N-dealkylation sites (tertiary alicyclic amines) is 1. The molecule has 3 heterocycles. The van der Waals surface area contributed by atoms with Crippen molar-refractivity contribution in [1.82, 2.24) is 14.7 Å². The topological polar surface area (TPSA) is 82.2 Å².